The summed E-state index contributed by atoms with van der Waals surface area (Å²) in [5, 5.41) is 36.4. The van der Waals surface area contributed by atoms with Crippen molar-refractivity contribution in [3.63, 3.8) is 0 Å². The summed E-state index contributed by atoms with van der Waals surface area (Å²) in [6, 6.07) is -2.54. The predicted molar refractivity (Wildman–Crippen MR) is 96.3 cm³/mol. The molecule has 0 heterocycles. The third-order valence-corrected chi connectivity index (χ3v) is 1.58. The van der Waals surface area contributed by atoms with Crippen molar-refractivity contribution in [3.8, 4) is 0 Å². The molecule has 0 amide bonds. The summed E-state index contributed by atoms with van der Waals surface area (Å²) in [6.45, 7) is 8.36. The van der Waals surface area contributed by atoms with Gasteiger partial charge in [0.05, 0.1) is 36.2 Å². The molecule has 0 rings (SSSR count). The third kappa shape index (κ3) is 76.4. The normalized spacial score (nSPS) is 11.4. The maximum Gasteiger partial charge on any atom is 2.00 e. The Morgan fingerprint density at radius 1 is 0.690 bits per heavy atom. The molecule has 4 atom stereocenters. The summed E-state index contributed by atoms with van der Waals surface area (Å²) in [5.74, 6) is -2.86. The number of hydrogen-bond donors (Lipinski definition) is 4. The molecule has 0 spiro atoms. The molecule has 0 saturated carbocycles. The van der Waals surface area contributed by atoms with Crippen LogP contribution in [0.25, 0.3) is 0 Å². The first kappa shape index (κ1) is 45.6. The van der Waals surface area contributed by atoms with Crippen LogP contribution in [-0.2, 0) is 45.8 Å². The van der Waals surface area contributed by atoms with Crippen molar-refractivity contribution < 1.29 is 66.3 Å². The number of aliphatic carboxylic acids is 2. The average molecular weight is 476 g/mol. The molecule has 0 fully saturated rings. The van der Waals surface area contributed by atoms with E-state index in [4.69, 9.17) is 40.9 Å². The number of rotatable bonds is 4. The molecule has 0 unspecified atom stereocenters. The minimum atomic E-state index is -1.43. The smallest absolute Gasteiger partial charge is 0.548 e. The summed E-state index contributed by atoms with van der Waals surface area (Å²) in [7, 11) is 0. The van der Waals surface area contributed by atoms with Gasteiger partial charge in [-0.1, -0.05) is 0 Å². The molecule has 0 aliphatic carbocycles. The van der Waals surface area contributed by atoms with Crippen molar-refractivity contribution in [3.05, 3.63) is 0 Å². The van der Waals surface area contributed by atoms with Crippen molar-refractivity contribution in [1.82, 2.24) is 0 Å². The van der Waals surface area contributed by atoms with E-state index in [1.165, 1.54) is 41.5 Å². The van der Waals surface area contributed by atoms with Crippen LogP contribution >= 0.6 is 0 Å². The van der Waals surface area contributed by atoms with Crippen LogP contribution in [0.15, 0.2) is 0 Å². The van der Waals surface area contributed by atoms with Crippen molar-refractivity contribution in [2.24, 2.45) is 11.5 Å². The first-order valence-electron chi connectivity index (χ1n) is 7.65. The van der Waals surface area contributed by atoms with Gasteiger partial charge in [-0.2, -0.15) is 0 Å². The van der Waals surface area contributed by atoms with Gasteiger partial charge in [-0.05, 0) is 41.5 Å². The monoisotopic (exact) mass is 475 g/mol. The second-order valence-electron chi connectivity index (χ2n) is 4.11. The van der Waals surface area contributed by atoms with Gasteiger partial charge in [-0.15, -0.1) is 0 Å². The van der Waals surface area contributed by atoms with Gasteiger partial charge in [0.15, 0.2) is 0 Å². The van der Waals surface area contributed by atoms with Crippen molar-refractivity contribution >= 4 is 37.1 Å². The molecule has 1 radical (unpaired) electrons. The van der Waals surface area contributed by atoms with Crippen LogP contribution in [0.1, 0.15) is 41.5 Å². The van der Waals surface area contributed by atoms with E-state index in [1.54, 1.807) is 0 Å². The van der Waals surface area contributed by atoms with Crippen LogP contribution in [0.2, 0.25) is 0 Å². The van der Waals surface area contributed by atoms with Gasteiger partial charge in [0, 0.05) is 0 Å². The zero-order valence-electron chi connectivity index (χ0n) is 17.2. The van der Waals surface area contributed by atoms with E-state index in [-0.39, 0.29) is 17.1 Å². The minimum absolute atomic E-state index is 0. The maximum absolute atomic E-state index is 9.74. The molecule has 0 aromatic rings. The third-order valence-electron chi connectivity index (χ3n) is 1.58. The average Bonchev–Trinajstić information content (AvgIpc) is 2.56. The molecular weight excluding hydrogens is 444 g/mol. The molecule has 0 bridgehead atoms. The molecule has 29 heavy (non-hydrogen) atoms. The first-order valence-corrected chi connectivity index (χ1v) is 7.65. The van der Waals surface area contributed by atoms with Crippen LogP contribution in [0, 0.1) is 0 Å². The number of carbonyl (C=O) groups excluding carboxylic acids is 6. The van der Waals surface area contributed by atoms with Gasteiger partial charge >= 0.3 is 17.1 Å². The van der Waals surface area contributed by atoms with E-state index in [0.717, 1.165) is 25.1 Å². The first-order chi connectivity index (χ1) is 12.8. The number of hydrogen-bond acceptors (Lipinski definition) is 12. The summed E-state index contributed by atoms with van der Waals surface area (Å²) in [6.07, 6.45) is 0.917. The Kier molecular flexibility index (Phi) is 63.9. The quantitative estimate of drug-likeness (QED) is 0.223. The fourth-order valence-corrected chi connectivity index (χ4v) is 0.394. The maximum atomic E-state index is 9.74. The summed E-state index contributed by atoms with van der Waals surface area (Å²) < 4.78 is 0. The van der Waals surface area contributed by atoms with Gasteiger partial charge < -0.3 is 60.7 Å². The molecule has 13 heteroatoms. The molecular formula is C16H32CuN2O10. The fraction of sp³-hybridized carbons (Fsp3) is 0.625. The Balaban J connectivity index is -0.0000000429. The standard InChI is InChI=1S/2C4H9NO3.4C2H4O.Cu/c2*1-2(6)3(5)4(7)8;4*1-2-3;/h2*2-3,6H,5H2,1H3,(H,7,8);4*2H,1H3;/q;;;;;;+2/p-2/t2*2-,3+;;;;;/m11...../s1. The number of carbonyl (C=O) groups is 6. The molecule has 0 aliphatic heterocycles. The molecule has 12 nitrogen and oxygen atoms in total. The summed E-state index contributed by atoms with van der Waals surface area (Å²) in [5.41, 5.74) is 9.69. The fourth-order valence-electron chi connectivity index (χ4n) is 0.394. The van der Waals surface area contributed by atoms with Crippen molar-refractivity contribution in [2.75, 3.05) is 0 Å². The van der Waals surface area contributed by atoms with Crippen LogP contribution in [0.3, 0.4) is 0 Å². The Labute approximate surface area is 181 Å². The second kappa shape index (κ2) is 40.6. The Morgan fingerprint density at radius 3 is 0.793 bits per heavy atom. The summed E-state index contributed by atoms with van der Waals surface area (Å²) in [4.78, 5) is 54.7. The van der Waals surface area contributed by atoms with Crippen LogP contribution < -0.4 is 21.7 Å². The molecule has 0 aliphatic rings. The van der Waals surface area contributed by atoms with Crippen molar-refractivity contribution in [2.45, 2.75) is 65.8 Å². The molecule has 0 aromatic carbocycles. The number of aldehydes is 4. The number of carboxylic acid groups (broad SMARTS) is 2. The van der Waals surface area contributed by atoms with E-state index < -0.39 is 36.2 Å². The van der Waals surface area contributed by atoms with Crippen LogP contribution in [0.5, 0.6) is 0 Å². The van der Waals surface area contributed by atoms with Gasteiger partial charge in [-0.25, -0.2) is 0 Å². The molecule has 177 valence electrons. The van der Waals surface area contributed by atoms with Crippen LogP contribution in [0.4, 0.5) is 0 Å². The molecule has 0 aromatic heterocycles. The van der Waals surface area contributed by atoms with Gasteiger partial charge in [0.1, 0.15) is 25.1 Å². The largest absolute Gasteiger partial charge is 2.00 e. The van der Waals surface area contributed by atoms with Gasteiger partial charge in [0.25, 0.3) is 0 Å². The number of nitrogens with two attached hydrogens (primary N) is 2. The van der Waals surface area contributed by atoms with Gasteiger partial charge in [0.2, 0.25) is 0 Å². The van der Waals surface area contributed by atoms with Crippen LogP contribution in [-0.4, -0.2) is 71.6 Å². The van der Waals surface area contributed by atoms with E-state index in [0.29, 0.717) is 0 Å². The minimum Gasteiger partial charge on any atom is -0.548 e. The van der Waals surface area contributed by atoms with E-state index in [2.05, 4.69) is 0 Å². The Hall–Kier alpha value is -2.02. The summed E-state index contributed by atoms with van der Waals surface area (Å²) >= 11 is 0. The zero-order chi connectivity index (χ0) is 24.3. The van der Waals surface area contributed by atoms with Crippen molar-refractivity contribution in [1.29, 1.82) is 0 Å². The molecule has 0 saturated heterocycles. The predicted octanol–water partition coefficient (Wildman–Crippen LogP) is -4.29. The molecule has 6 N–H and O–H groups in total. The van der Waals surface area contributed by atoms with E-state index in [1.807, 2.05) is 0 Å². The topological polar surface area (TPSA) is 241 Å². The number of carboxylic acids is 2. The Morgan fingerprint density at radius 2 is 0.793 bits per heavy atom. The van der Waals surface area contributed by atoms with E-state index in [9.17, 15) is 19.8 Å². The number of aliphatic hydroxyl groups is 2. The number of aliphatic hydroxyl groups excluding tert-OH is 2. The van der Waals surface area contributed by atoms with E-state index >= 15 is 0 Å². The Bertz CT molecular complexity index is 346. The SMILES string of the molecule is CC=O.CC=O.CC=O.CC=O.C[C@@H](O)[C@H](N)C(=O)[O-].C[C@@H](O)[C@H](N)C(=O)[O-].[Cu+2]. The second-order valence-corrected chi connectivity index (χ2v) is 4.11. The zero-order valence-corrected chi connectivity index (χ0v) is 18.2. The van der Waals surface area contributed by atoms with Gasteiger partial charge in [-0.3, -0.25) is 0 Å².